The normalized spacial score (nSPS) is 14.2. The summed E-state index contributed by atoms with van der Waals surface area (Å²) in [6, 6.07) is 31.4. The molecule has 1 amide bonds. The molecular formula is C40H47ClN2O3. The van der Waals surface area contributed by atoms with Crippen LogP contribution in [0.15, 0.2) is 97.1 Å². The molecule has 0 saturated carbocycles. The van der Waals surface area contributed by atoms with Crippen LogP contribution in [0.5, 0.6) is 5.75 Å². The van der Waals surface area contributed by atoms with Gasteiger partial charge in [-0.15, -0.1) is 0 Å². The van der Waals surface area contributed by atoms with Crippen molar-refractivity contribution in [1.29, 1.82) is 0 Å². The van der Waals surface area contributed by atoms with Crippen molar-refractivity contribution in [2.24, 2.45) is 0 Å². The van der Waals surface area contributed by atoms with Gasteiger partial charge in [0, 0.05) is 29.9 Å². The molecule has 1 N–H and O–H groups in total. The summed E-state index contributed by atoms with van der Waals surface area (Å²) in [4.78, 5) is 25.9. The second kappa shape index (κ2) is 15.1. The van der Waals surface area contributed by atoms with E-state index < -0.39 is 5.24 Å². The number of ether oxygens (including phenoxy) is 1. The SMILES string of the molecule is CC(C)(C)c1ccc(C(=O)Cl)cc1.CN1CCC(Oc2ccc(-c3cccc(NC(=O)c4ccc(C(C)(C)C)cc4)c3)cc2)CC1. The molecule has 0 radical (unpaired) electrons. The van der Waals surface area contributed by atoms with E-state index in [4.69, 9.17) is 16.3 Å². The standard InChI is InChI=1S/C29H34N2O2.C11H13ClO/c1-29(2,3)24-12-8-22(9-13-24)28(32)30-25-7-5-6-23(20-25)21-10-14-26(15-11-21)33-27-16-18-31(4)19-17-27;1-11(2,3)9-6-4-8(5-7-9)10(12)13/h5-15,20,27H,16-19H2,1-4H3,(H,30,32);4-7H,1-3H3. The first-order valence-corrected chi connectivity index (χ1v) is 16.3. The third kappa shape index (κ3) is 10.0. The Balaban J connectivity index is 0.000000310. The number of hydrogen-bond acceptors (Lipinski definition) is 4. The van der Waals surface area contributed by atoms with E-state index in [1.54, 1.807) is 12.1 Å². The van der Waals surface area contributed by atoms with Crippen molar-refractivity contribution in [3.63, 3.8) is 0 Å². The monoisotopic (exact) mass is 638 g/mol. The van der Waals surface area contributed by atoms with Crippen molar-refractivity contribution in [1.82, 2.24) is 4.90 Å². The number of nitrogens with one attached hydrogen (secondary N) is 1. The summed E-state index contributed by atoms with van der Waals surface area (Å²) >= 11 is 5.33. The first-order chi connectivity index (χ1) is 21.7. The van der Waals surface area contributed by atoms with Gasteiger partial charge in [-0.3, -0.25) is 9.59 Å². The van der Waals surface area contributed by atoms with Gasteiger partial charge in [0.05, 0.1) is 0 Å². The van der Waals surface area contributed by atoms with Crippen LogP contribution < -0.4 is 10.1 Å². The Morgan fingerprint density at radius 1 is 0.717 bits per heavy atom. The van der Waals surface area contributed by atoms with E-state index in [1.807, 2.05) is 66.7 Å². The number of piperidine rings is 1. The summed E-state index contributed by atoms with van der Waals surface area (Å²) in [5.74, 6) is 0.811. The molecule has 1 saturated heterocycles. The number of halogens is 1. The van der Waals surface area contributed by atoms with E-state index >= 15 is 0 Å². The molecule has 4 aromatic carbocycles. The Morgan fingerprint density at radius 3 is 1.74 bits per heavy atom. The average Bonchev–Trinajstić information content (AvgIpc) is 3.02. The van der Waals surface area contributed by atoms with Gasteiger partial charge in [-0.25, -0.2) is 0 Å². The van der Waals surface area contributed by atoms with Gasteiger partial charge in [0.1, 0.15) is 11.9 Å². The van der Waals surface area contributed by atoms with Crippen LogP contribution in [0.2, 0.25) is 0 Å². The Bertz CT molecular complexity index is 1590. The topological polar surface area (TPSA) is 58.6 Å². The maximum Gasteiger partial charge on any atom is 0.255 e. The lowest BCUT2D eigenvalue weighted by molar-refractivity contribution is 0.102. The fourth-order valence-corrected chi connectivity index (χ4v) is 5.35. The van der Waals surface area contributed by atoms with Crippen molar-refractivity contribution in [2.45, 2.75) is 71.3 Å². The molecule has 4 aromatic rings. The Kier molecular flexibility index (Phi) is 11.5. The summed E-state index contributed by atoms with van der Waals surface area (Å²) in [6.45, 7) is 15.1. The molecule has 0 atom stereocenters. The van der Waals surface area contributed by atoms with Crippen molar-refractivity contribution < 1.29 is 14.3 Å². The lowest BCUT2D eigenvalue weighted by Gasteiger charge is -2.29. The lowest BCUT2D eigenvalue weighted by Crippen LogP contribution is -2.35. The first-order valence-electron chi connectivity index (χ1n) is 16.0. The van der Waals surface area contributed by atoms with Crippen LogP contribution in [0, 0.1) is 0 Å². The van der Waals surface area contributed by atoms with Crippen LogP contribution in [-0.4, -0.2) is 42.3 Å². The number of benzene rings is 4. The largest absolute Gasteiger partial charge is 0.490 e. The van der Waals surface area contributed by atoms with Crippen LogP contribution in [0.4, 0.5) is 5.69 Å². The molecule has 242 valence electrons. The Hall–Kier alpha value is -3.93. The Morgan fingerprint density at radius 2 is 1.24 bits per heavy atom. The number of hydrogen-bond donors (Lipinski definition) is 1. The van der Waals surface area contributed by atoms with Crippen molar-refractivity contribution in [3.8, 4) is 16.9 Å². The number of anilines is 1. The molecule has 1 aliphatic heterocycles. The van der Waals surface area contributed by atoms with Crippen molar-refractivity contribution >= 4 is 28.4 Å². The molecular weight excluding hydrogens is 592 g/mol. The highest BCUT2D eigenvalue weighted by Gasteiger charge is 2.18. The Labute approximate surface area is 279 Å². The summed E-state index contributed by atoms with van der Waals surface area (Å²) < 4.78 is 6.17. The third-order valence-electron chi connectivity index (χ3n) is 8.27. The smallest absolute Gasteiger partial charge is 0.255 e. The number of rotatable bonds is 6. The maximum absolute atomic E-state index is 12.7. The molecule has 1 heterocycles. The molecule has 0 aliphatic carbocycles. The minimum atomic E-state index is -0.402. The molecule has 46 heavy (non-hydrogen) atoms. The van der Waals surface area contributed by atoms with Crippen LogP contribution in [0.3, 0.4) is 0 Å². The van der Waals surface area contributed by atoms with Gasteiger partial charge in [-0.1, -0.05) is 90.1 Å². The number of nitrogens with zero attached hydrogens (tertiary/aromatic N) is 1. The molecule has 5 nitrogen and oxygen atoms in total. The second-order valence-electron chi connectivity index (χ2n) is 14.1. The summed E-state index contributed by atoms with van der Waals surface area (Å²) in [6.07, 6.45) is 2.43. The molecule has 6 heteroatoms. The average molecular weight is 639 g/mol. The zero-order chi connectivity index (χ0) is 33.5. The van der Waals surface area contributed by atoms with E-state index in [1.165, 1.54) is 11.1 Å². The molecule has 0 aromatic heterocycles. The first kappa shape index (κ1) is 34.9. The molecule has 1 aliphatic rings. The summed E-state index contributed by atoms with van der Waals surface area (Å²) in [5, 5.41) is 2.63. The van der Waals surface area contributed by atoms with Gasteiger partial charge in [0.25, 0.3) is 11.1 Å². The predicted molar refractivity (Wildman–Crippen MR) is 191 cm³/mol. The molecule has 5 rings (SSSR count). The number of amides is 1. The minimum Gasteiger partial charge on any atom is -0.490 e. The van der Waals surface area contributed by atoms with Gasteiger partial charge >= 0.3 is 0 Å². The van der Waals surface area contributed by atoms with E-state index in [2.05, 4.69) is 77.0 Å². The fourth-order valence-electron chi connectivity index (χ4n) is 5.22. The number of carbonyl (C=O) groups is 2. The van der Waals surface area contributed by atoms with Crippen LogP contribution in [0.1, 0.15) is 86.2 Å². The minimum absolute atomic E-state index is 0.0665. The second-order valence-corrected chi connectivity index (χ2v) is 14.5. The number of likely N-dealkylation sites (tertiary alicyclic amines) is 1. The predicted octanol–water partition coefficient (Wildman–Crippen LogP) is 9.74. The van der Waals surface area contributed by atoms with Crippen molar-refractivity contribution in [2.75, 3.05) is 25.5 Å². The lowest BCUT2D eigenvalue weighted by atomic mass is 9.87. The van der Waals surface area contributed by atoms with E-state index in [9.17, 15) is 9.59 Å². The van der Waals surface area contributed by atoms with E-state index in [-0.39, 0.29) is 16.7 Å². The van der Waals surface area contributed by atoms with Gasteiger partial charge in [-0.05, 0) is 113 Å². The van der Waals surface area contributed by atoms with Gasteiger partial charge in [-0.2, -0.15) is 0 Å². The van der Waals surface area contributed by atoms with Crippen LogP contribution in [0.25, 0.3) is 11.1 Å². The van der Waals surface area contributed by atoms with Crippen LogP contribution in [-0.2, 0) is 10.8 Å². The zero-order valence-electron chi connectivity index (χ0n) is 28.2. The third-order valence-corrected chi connectivity index (χ3v) is 8.49. The molecule has 0 bridgehead atoms. The van der Waals surface area contributed by atoms with E-state index in [0.717, 1.165) is 48.5 Å². The summed E-state index contributed by atoms with van der Waals surface area (Å²) in [5.41, 5.74) is 6.74. The molecule has 1 fully saturated rings. The highest BCUT2D eigenvalue weighted by Crippen LogP contribution is 2.27. The summed E-state index contributed by atoms with van der Waals surface area (Å²) in [7, 11) is 2.16. The van der Waals surface area contributed by atoms with Gasteiger partial charge in [0.15, 0.2) is 0 Å². The fraction of sp³-hybridized carbons (Fsp3) is 0.350. The highest BCUT2D eigenvalue weighted by molar-refractivity contribution is 6.67. The maximum atomic E-state index is 12.7. The van der Waals surface area contributed by atoms with E-state index in [0.29, 0.717) is 17.2 Å². The van der Waals surface area contributed by atoms with Gasteiger partial charge < -0.3 is 15.0 Å². The van der Waals surface area contributed by atoms with Gasteiger partial charge in [0.2, 0.25) is 0 Å². The van der Waals surface area contributed by atoms with Crippen molar-refractivity contribution in [3.05, 3.63) is 119 Å². The zero-order valence-corrected chi connectivity index (χ0v) is 28.9. The van der Waals surface area contributed by atoms with Crippen LogP contribution >= 0.6 is 11.6 Å². The highest BCUT2D eigenvalue weighted by atomic mass is 35.5. The molecule has 0 spiro atoms. The number of carbonyl (C=O) groups excluding carboxylic acids is 2. The quantitative estimate of drug-likeness (QED) is 0.214. The molecule has 0 unspecified atom stereocenters.